The molecule has 14 heavy (non-hydrogen) atoms. The first kappa shape index (κ1) is 9.87. The summed E-state index contributed by atoms with van der Waals surface area (Å²) in [5.41, 5.74) is -0.696. The number of likely N-dealkylation sites (N-methyl/N-ethyl adjacent to an activating group) is 1. The Bertz CT molecular complexity index is 298. The van der Waals surface area contributed by atoms with E-state index in [1.165, 1.54) is 0 Å². The Kier molecular flexibility index (Phi) is 2.05. The van der Waals surface area contributed by atoms with Crippen LogP contribution in [0, 0.1) is 0 Å². The van der Waals surface area contributed by atoms with E-state index in [1.54, 1.807) is 0 Å². The van der Waals surface area contributed by atoms with Crippen LogP contribution in [0.3, 0.4) is 0 Å². The zero-order valence-electron chi connectivity index (χ0n) is 9.04. The standard InChI is InChI=1S/C11H17NO2/c1-10-4-5-11(14-10,8-12(2)3)7-9(13)6-10/h4-5H,6-8H2,1-3H3/t10-,11-/m0/s1. The van der Waals surface area contributed by atoms with Crippen LogP contribution in [0.15, 0.2) is 12.2 Å². The van der Waals surface area contributed by atoms with Gasteiger partial charge in [-0.05, 0) is 21.0 Å². The van der Waals surface area contributed by atoms with Crippen molar-refractivity contribution in [2.24, 2.45) is 0 Å². The Morgan fingerprint density at radius 2 is 2.14 bits per heavy atom. The summed E-state index contributed by atoms with van der Waals surface area (Å²) in [6.45, 7) is 2.77. The molecule has 2 atom stereocenters. The molecule has 2 aliphatic rings. The Morgan fingerprint density at radius 1 is 1.43 bits per heavy atom. The Balaban J connectivity index is 2.21. The smallest absolute Gasteiger partial charge is 0.139 e. The summed E-state index contributed by atoms with van der Waals surface area (Å²) in [5.74, 6) is 0.311. The van der Waals surface area contributed by atoms with Crippen molar-refractivity contribution in [3.63, 3.8) is 0 Å². The van der Waals surface area contributed by atoms with Gasteiger partial charge in [0.2, 0.25) is 0 Å². The highest BCUT2D eigenvalue weighted by Crippen LogP contribution is 2.41. The number of hydrogen-bond donors (Lipinski definition) is 0. The molecule has 1 saturated heterocycles. The molecule has 2 rings (SSSR count). The topological polar surface area (TPSA) is 29.5 Å². The highest BCUT2D eigenvalue weighted by molar-refractivity contribution is 5.83. The van der Waals surface area contributed by atoms with Gasteiger partial charge >= 0.3 is 0 Å². The van der Waals surface area contributed by atoms with Crippen LogP contribution in [0.5, 0.6) is 0 Å². The molecule has 2 heterocycles. The maximum absolute atomic E-state index is 11.6. The van der Waals surface area contributed by atoms with E-state index in [-0.39, 0.29) is 11.2 Å². The van der Waals surface area contributed by atoms with Crippen LogP contribution in [0.4, 0.5) is 0 Å². The first-order valence-electron chi connectivity index (χ1n) is 5.00. The Hall–Kier alpha value is -0.670. The lowest BCUT2D eigenvalue weighted by Crippen LogP contribution is -2.49. The molecular weight excluding hydrogens is 178 g/mol. The first-order valence-corrected chi connectivity index (χ1v) is 5.00. The second kappa shape index (κ2) is 2.91. The monoisotopic (exact) mass is 195 g/mol. The van der Waals surface area contributed by atoms with E-state index < -0.39 is 0 Å². The van der Waals surface area contributed by atoms with Crippen molar-refractivity contribution in [1.82, 2.24) is 4.90 Å². The lowest BCUT2D eigenvalue weighted by atomic mass is 9.91. The van der Waals surface area contributed by atoms with Crippen LogP contribution in [0.1, 0.15) is 19.8 Å². The molecule has 78 valence electrons. The largest absolute Gasteiger partial charge is 0.358 e. The molecule has 3 nitrogen and oxygen atoms in total. The van der Waals surface area contributed by atoms with Gasteiger partial charge in [0.25, 0.3) is 0 Å². The second-order valence-corrected chi connectivity index (χ2v) is 4.94. The number of Topliss-reactive ketones (excluding diaryl/α,β-unsaturated/α-hetero) is 1. The van der Waals surface area contributed by atoms with Gasteiger partial charge < -0.3 is 9.64 Å². The van der Waals surface area contributed by atoms with Gasteiger partial charge in [0.05, 0.1) is 5.60 Å². The van der Waals surface area contributed by atoms with Crippen LogP contribution in [-0.2, 0) is 9.53 Å². The zero-order chi connectivity index (χ0) is 10.4. The molecule has 0 spiro atoms. The van der Waals surface area contributed by atoms with Crippen molar-refractivity contribution < 1.29 is 9.53 Å². The summed E-state index contributed by atoms with van der Waals surface area (Å²) in [5, 5.41) is 0. The quantitative estimate of drug-likeness (QED) is 0.615. The fourth-order valence-electron chi connectivity index (χ4n) is 2.51. The summed E-state index contributed by atoms with van der Waals surface area (Å²) in [7, 11) is 4.00. The molecule has 0 radical (unpaired) electrons. The molecule has 0 unspecified atom stereocenters. The number of carbonyl (C=O) groups is 1. The summed E-state index contributed by atoms with van der Waals surface area (Å²) < 4.78 is 5.98. The van der Waals surface area contributed by atoms with Crippen molar-refractivity contribution in [2.75, 3.05) is 20.6 Å². The van der Waals surface area contributed by atoms with Crippen LogP contribution in [0.25, 0.3) is 0 Å². The third-order valence-corrected chi connectivity index (χ3v) is 2.80. The van der Waals surface area contributed by atoms with Crippen molar-refractivity contribution >= 4 is 5.78 Å². The molecule has 0 amide bonds. The summed E-state index contributed by atoms with van der Waals surface area (Å²) >= 11 is 0. The highest BCUT2D eigenvalue weighted by atomic mass is 16.5. The number of rotatable bonds is 2. The maximum atomic E-state index is 11.6. The minimum Gasteiger partial charge on any atom is -0.358 e. The second-order valence-electron chi connectivity index (χ2n) is 4.94. The Morgan fingerprint density at radius 3 is 2.79 bits per heavy atom. The molecule has 0 aliphatic carbocycles. The molecule has 0 aromatic rings. The molecule has 2 bridgehead atoms. The Labute approximate surface area is 84.7 Å². The average molecular weight is 195 g/mol. The molecule has 0 N–H and O–H groups in total. The van der Waals surface area contributed by atoms with E-state index in [9.17, 15) is 4.79 Å². The summed E-state index contributed by atoms with van der Waals surface area (Å²) in [6.07, 6.45) is 5.16. The fraction of sp³-hybridized carbons (Fsp3) is 0.727. The van der Waals surface area contributed by atoms with E-state index in [0.29, 0.717) is 18.6 Å². The fourth-order valence-corrected chi connectivity index (χ4v) is 2.51. The molecular formula is C11H17NO2. The maximum Gasteiger partial charge on any atom is 0.139 e. The van der Waals surface area contributed by atoms with Gasteiger partial charge in [-0.15, -0.1) is 0 Å². The van der Waals surface area contributed by atoms with Crippen LogP contribution in [-0.4, -0.2) is 42.5 Å². The van der Waals surface area contributed by atoms with Gasteiger partial charge in [-0.2, -0.15) is 0 Å². The number of nitrogens with zero attached hydrogens (tertiary/aromatic N) is 1. The molecule has 0 aromatic carbocycles. The van der Waals surface area contributed by atoms with Gasteiger partial charge in [-0.25, -0.2) is 0 Å². The van der Waals surface area contributed by atoms with Crippen molar-refractivity contribution in [2.45, 2.75) is 31.0 Å². The predicted octanol–water partition coefficient (Wildman–Crippen LogP) is 0.995. The molecule has 1 fully saturated rings. The van der Waals surface area contributed by atoms with Gasteiger partial charge in [-0.1, -0.05) is 12.2 Å². The average Bonchev–Trinajstić information content (AvgIpc) is 2.19. The van der Waals surface area contributed by atoms with Crippen LogP contribution in [0.2, 0.25) is 0 Å². The molecule has 0 saturated carbocycles. The van der Waals surface area contributed by atoms with E-state index >= 15 is 0 Å². The highest BCUT2D eigenvalue weighted by Gasteiger charge is 2.48. The third-order valence-electron chi connectivity index (χ3n) is 2.80. The molecule has 2 aliphatic heterocycles. The first-order chi connectivity index (χ1) is 6.43. The van der Waals surface area contributed by atoms with Gasteiger partial charge in [0.1, 0.15) is 11.4 Å². The predicted molar refractivity (Wildman–Crippen MR) is 54.2 cm³/mol. The SMILES string of the molecule is CN(C)C[C@]12C=C[C@@](C)(CC(=O)C1)O2. The minimum absolute atomic E-state index is 0.311. The van der Waals surface area contributed by atoms with Gasteiger partial charge in [0, 0.05) is 19.4 Å². The van der Waals surface area contributed by atoms with E-state index in [0.717, 1.165) is 6.54 Å². The molecule has 0 aromatic heterocycles. The normalized spacial score (nSPS) is 41.0. The van der Waals surface area contributed by atoms with Crippen molar-refractivity contribution in [1.29, 1.82) is 0 Å². The number of ether oxygens (including phenoxy) is 1. The van der Waals surface area contributed by atoms with Gasteiger partial charge in [-0.3, -0.25) is 4.79 Å². The lowest BCUT2D eigenvalue weighted by molar-refractivity contribution is -0.153. The van der Waals surface area contributed by atoms with E-state index in [4.69, 9.17) is 4.74 Å². The third kappa shape index (κ3) is 1.62. The van der Waals surface area contributed by atoms with Crippen LogP contribution >= 0.6 is 0 Å². The zero-order valence-corrected chi connectivity index (χ0v) is 9.04. The lowest BCUT2D eigenvalue weighted by Gasteiger charge is -2.39. The summed E-state index contributed by atoms with van der Waals surface area (Å²) in [6, 6.07) is 0. The number of carbonyl (C=O) groups excluding carboxylic acids is 1. The minimum atomic E-state index is -0.354. The van der Waals surface area contributed by atoms with Crippen molar-refractivity contribution in [3.05, 3.63) is 12.2 Å². The van der Waals surface area contributed by atoms with Crippen LogP contribution < -0.4 is 0 Å². The summed E-state index contributed by atoms with van der Waals surface area (Å²) in [4.78, 5) is 13.6. The molecule has 3 heteroatoms. The van der Waals surface area contributed by atoms with Gasteiger partial charge in [0.15, 0.2) is 0 Å². The number of hydrogen-bond acceptors (Lipinski definition) is 3. The number of ketones is 1. The van der Waals surface area contributed by atoms with E-state index in [1.807, 2.05) is 27.1 Å². The van der Waals surface area contributed by atoms with Crippen molar-refractivity contribution in [3.8, 4) is 0 Å². The number of fused-ring (bicyclic) bond motifs is 2. The van der Waals surface area contributed by atoms with E-state index in [2.05, 4.69) is 11.0 Å².